The van der Waals surface area contributed by atoms with Crippen molar-refractivity contribution in [2.75, 3.05) is 11.9 Å². The minimum absolute atomic E-state index is 0.0202. The lowest BCUT2D eigenvalue weighted by molar-refractivity contribution is -0.385. The van der Waals surface area contributed by atoms with Crippen LogP contribution in [0.15, 0.2) is 42.5 Å². The molecular weight excluding hydrogens is 273 g/mol. The molecule has 5 nitrogen and oxygen atoms in total. The van der Waals surface area contributed by atoms with E-state index in [0.717, 1.165) is 5.56 Å². The van der Waals surface area contributed by atoms with Crippen molar-refractivity contribution in [2.45, 2.75) is 6.42 Å². The average molecular weight is 285 g/mol. The van der Waals surface area contributed by atoms with Crippen LogP contribution in [-0.2, 0) is 6.42 Å². The van der Waals surface area contributed by atoms with Gasteiger partial charge in [-0.05, 0) is 36.2 Å². The summed E-state index contributed by atoms with van der Waals surface area (Å²) in [7, 11) is 0. The van der Waals surface area contributed by atoms with Gasteiger partial charge in [0.15, 0.2) is 0 Å². The fourth-order valence-corrected chi connectivity index (χ4v) is 1.90. The molecule has 0 fully saturated rings. The van der Waals surface area contributed by atoms with Gasteiger partial charge in [0.05, 0.1) is 4.92 Å². The Hall–Kier alpha value is -2.94. The van der Waals surface area contributed by atoms with Crippen molar-refractivity contribution in [2.24, 2.45) is 0 Å². The molecule has 0 radical (unpaired) electrons. The number of nitrogens with one attached hydrogen (secondary N) is 1. The Morgan fingerprint density at radius 2 is 1.95 bits per heavy atom. The third kappa shape index (κ3) is 3.76. The lowest BCUT2D eigenvalue weighted by atomic mass is 10.1. The molecule has 0 spiro atoms. The predicted octanol–water partition coefficient (Wildman–Crippen LogP) is 3.26. The molecule has 0 aliphatic heterocycles. The minimum atomic E-state index is -0.582. The van der Waals surface area contributed by atoms with E-state index >= 15 is 0 Å². The Labute approximate surface area is 120 Å². The van der Waals surface area contributed by atoms with E-state index in [1.165, 1.54) is 24.3 Å². The molecule has 0 heterocycles. The molecule has 1 N–H and O–H groups in total. The van der Waals surface area contributed by atoms with Crippen LogP contribution in [-0.4, -0.2) is 11.5 Å². The van der Waals surface area contributed by atoms with Crippen LogP contribution in [0.4, 0.5) is 15.8 Å². The second-order valence-electron chi connectivity index (χ2n) is 4.40. The Balaban J connectivity index is 1.99. The minimum Gasteiger partial charge on any atom is -0.385 e. The monoisotopic (exact) mass is 285 g/mol. The third-order valence-corrected chi connectivity index (χ3v) is 2.97. The second-order valence-corrected chi connectivity index (χ2v) is 4.40. The molecule has 0 aromatic heterocycles. The topological polar surface area (TPSA) is 79.0 Å². The van der Waals surface area contributed by atoms with Gasteiger partial charge < -0.3 is 5.32 Å². The first-order valence-corrected chi connectivity index (χ1v) is 6.27. The van der Waals surface area contributed by atoms with Gasteiger partial charge in [0.25, 0.3) is 5.69 Å². The van der Waals surface area contributed by atoms with Gasteiger partial charge in [0.2, 0.25) is 0 Å². The molecule has 0 atom stereocenters. The number of nitro benzene ring substituents is 1. The number of nitrogens with zero attached hydrogens (tertiary/aromatic N) is 2. The molecule has 0 amide bonds. The molecule has 2 aromatic rings. The molecule has 21 heavy (non-hydrogen) atoms. The smallest absolute Gasteiger partial charge is 0.287 e. The Morgan fingerprint density at radius 1 is 1.24 bits per heavy atom. The van der Waals surface area contributed by atoms with Crippen molar-refractivity contribution in [3.63, 3.8) is 0 Å². The molecule has 0 bridgehead atoms. The highest BCUT2D eigenvalue weighted by atomic mass is 19.1. The van der Waals surface area contributed by atoms with Crippen LogP contribution in [0, 0.1) is 27.3 Å². The fourth-order valence-electron chi connectivity index (χ4n) is 1.90. The van der Waals surface area contributed by atoms with E-state index in [2.05, 4.69) is 5.32 Å². The van der Waals surface area contributed by atoms with Crippen molar-refractivity contribution in [1.82, 2.24) is 0 Å². The van der Waals surface area contributed by atoms with E-state index in [4.69, 9.17) is 5.26 Å². The highest BCUT2D eigenvalue weighted by Crippen LogP contribution is 2.21. The molecule has 2 rings (SSSR count). The number of benzene rings is 2. The molecule has 0 unspecified atom stereocenters. The van der Waals surface area contributed by atoms with E-state index < -0.39 is 4.92 Å². The Bertz CT molecular complexity index is 693. The van der Waals surface area contributed by atoms with E-state index in [1.807, 2.05) is 6.07 Å². The zero-order valence-electron chi connectivity index (χ0n) is 11.0. The van der Waals surface area contributed by atoms with Crippen LogP contribution >= 0.6 is 0 Å². The van der Waals surface area contributed by atoms with Crippen molar-refractivity contribution in [3.8, 4) is 6.07 Å². The van der Waals surface area contributed by atoms with E-state index in [0.29, 0.717) is 18.7 Å². The fraction of sp³-hybridized carbons (Fsp3) is 0.133. The number of nitriles is 1. The number of rotatable bonds is 5. The van der Waals surface area contributed by atoms with Gasteiger partial charge in [0, 0.05) is 18.3 Å². The van der Waals surface area contributed by atoms with Crippen LogP contribution in [0.25, 0.3) is 0 Å². The summed E-state index contributed by atoms with van der Waals surface area (Å²) in [5.74, 6) is -0.277. The summed E-state index contributed by atoms with van der Waals surface area (Å²) in [6, 6.07) is 12.3. The van der Waals surface area contributed by atoms with Gasteiger partial charge in [-0.15, -0.1) is 0 Å². The number of hydrogen-bond donors (Lipinski definition) is 1. The number of hydrogen-bond acceptors (Lipinski definition) is 4. The summed E-state index contributed by atoms with van der Waals surface area (Å²) < 4.78 is 12.8. The largest absolute Gasteiger partial charge is 0.385 e. The molecular formula is C15H12FN3O2. The summed E-state index contributed by atoms with van der Waals surface area (Å²) in [5.41, 5.74) is 1.43. The number of anilines is 1. The zero-order chi connectivity index (χ0) is 15.2. The first-order chi connectivity index (χ1) is 10.1. The van der Waals surface area contributed by atoms with Crippen LogP contribution in [0.3, 0.4) is 0 Å². The summed E-state index contributed by atoms with van der Waals surface area (Å²) in [5, 5.41) is 22.7. The average Bonchev–Trinajstić information content (AvgIpc) is 2.49. The standard InChI is InChI=1S/C15H12FN3O2/c16-13-3-1-11(2-4-13)7-8-18-14-5-6-15(19(20)21)12(9-14)10-17/h1-6,9,18H,7-8H2. The van der Waals surface area contributed by atoms with Crippen LogP contribution in [0.2, 0.25) is 0 Å². The van der Waals surface area contributed by atoms with Crippen LogP contribution < -0.4 is 5.32 Å². The van der Waals surface area contributed by atoms with Crippen molar-refractivity contribution >= 4 is 11.4 Å². The predicted molar refractivity (Wildman–Crippen MR) is 76.4 cm³/mol. The Morgan fingerprint density at radius 3 is 2.57 bits per heavy atom. The maximum atomic E-state index is 12.8. The van der Waals surface area contributed by atoms with Crippen molar-refractivity contribution < 1.29 is 9.31 Å². The third-order valence-electron chi connectivity index (χ3n) is 2.97. The highest BCUT2D eigenvalue weighted by molar-refractivity contribution is 5.58. The normalized spacial score (nSPS) is 9.90. The van der Waals surface area contributed by atoms with Gasteiger partial charge in [-0.3, -0.25) is 10.1 Å². The summed E-state index contributed by atoms with van der Waals surface area (Å²) in [6.07, 6.45) is 0.680. The maximum Gasteiger partial charge on any atom is 0.287 e. The summed E-state index contributed by atoms with van der Waals surface area (Å²) in [6.45, 7) is 0.578. The molecule has 0 saturated heterocycles. The van der Waals surface area contributed by atoms with Gasteiger partial charge in [-0.1, -0.05) is 12.1 Å². The molecule has 0 aliphatic rings. The lowest BCUT2D eigenvalue weighted by Crippen LogP contribution is -2.05. The molecule has 0 aliphatic carbocycles. The van der Waals surface area contributed by atoms with E-state index in [1.54, 1.807) is 18.2 Å². The van der Waals surface area contributed by atoms with Gasteiger partial charge in [-0.2, -0.15) is 5.26 Å². The van der Waals surface area contributed by atoms with Crippen LogP contribution in [0.1, 0.15) is 11.1 Å². The van der Waals surface area contributed by atoms with Gasteiger partial charge in [-0.25, -0.2) is 4.39 Å². The Kier molecular flexibility index (Phi) is 4.46. The molecule has 0 saturated carbocycles. The first kappa shape index (κ1) is 14.5. The lowest BCUT2D eigenvalue weighted by Gasteiger charge is -2.07. The van der Waals surface area contributed by atoms with E-state index in [9.17, 15) is 14.5 Å². The van der Waals surface area contributed by atoms with Crippen molar-refractivity contribution in [1.29, 1.82) is 5.26 Å². The molecule has 2 aromatic carbocycles. The number of halogens is 1. The SMILES string of the molecule is N#Cc1cc(NCCc2ccc(F)cc2)ccc1[N+](=O)[O-]. The molecule has 6 heteroatoms. The van der Waals surface area contributed by atoms with Crippen molar-refractivity contribution in [3.05, 3.63) is 69.5 Å². The maximum absolute atomic E-state index is 12.8. The number of nitro groups is 1. The second kappa shape index (κ2) is 6.48. The quantitative estimate of drug-likeness (QED) is 0.675. The highest BCUT2D eigenvalue weighted by Gasteiger charge is 2.13. The van der Waals surface area contributed by atoms with Gasteiger partial charge >= 0.3 is 0 Å². The van der Waals surface area contributed by atoms with E-state index in [-0.39, 0.29) is 17.1 Å². The summed E-state index contributed by atoms with van der Waals surface area (Å²) >= 11 is 0. The first-order valence-electron chi connectivity index (χ1n) is 6.27. The molecule has 106 valence electrons. The summed E-state index contributed by atoms with van der Waals surface area (Å²) in [4.78, 5) is 10.1. The van der Waals surface area contributed by atoms with Gasteiger partial charge in [0.1, 0.15) is 17.4 Å². The zero-order valence-corrected chi connectivity index (χ0v) is 11.0. The van der Waals surface area contributed by atoms with Crippen LogP contribution in [0.5, 0.6) is 0 Å².